The zero-order chi connectivity index (χ0) is 14.4. The molecule has 0 aromatic heterocycles. The number of benzene rings is 2. The van der Waals surface area contributed by atoms with E-state index < -0.39 is 0 Å². The maximum atomic E-state index is 12.0. The Bertz CT molecular complexity index is 562. The van der Waals surface area contributed by atoms with Crippen LogP contribution in [0.1, 0.15) is 21.5 Å². The molecule has 0 bridgehead atoms. The van der Waals surface area contributed by atoms with E-state index in [0.29, 0.717) is 18.5 Å². The van der Waals surface area contributed by atoms with Crippen LogP contribution in [0.2, 0.25) is 0 Å². The van der Waals surface area contributed by atoms with Crippen LogP contribution in [0, 0.1) is 0 Å². The summed E-state index contributed by atoms with van der Waals surface area (Å²) in [6, 6.07) is 14.7. The van der Waals surface area contributed by atoms with Crippen LogP contribution in [0.25, 0.3) is 0 Å². The van der Waals surface area contributed by atoms with Gasteiger partial charge in [-0.05, 0) is 41.8 Å². The summed E-state index contributed by atoms with van der Waals surface area (Å²) in [6.07, 6.45) is 0.620. The standard InChI is InChI=1S/C16H18N2O2/c17-11-13-1-5-14(6-2-13)16(20)18-15-7-3-12(4-8-15)9-10-19/h1-8,19H,9-11,17H2,(H,18,20). The fraction of sp³-hybridized carbons (Fsp3) is 0.188. The summed E-state index contributed by atoms with van der Waals surface area (Å²) in [4.78, 5) is 12.0. The largest absolute Gasteiger partial charge is 0.396 e. The molecule has 0 unspecified atom stereocenters. The Morgan fingerprint density at radius 3 is 2.15 bits per heavy atom. The van der Waals surface area contributed by atoms with Crippen LogP contribution in [0.5, 0.6) is 0 Å². The molecule has 4 heteroatoms. The predicted molar refractivity (Wildman–Crippen MR) is 79.5 cm³/mol. The van der Waals surface area contributed by atoms with Crippen molar-refractivity contribution in [1.82, 2.24) is 0 Å². The molecule has 0 heterocycles. The molecular formula is C16H18N2O2. The van der Waals surface area contributed by atoms with E-state index >= 15 is 0 Å². The highest BCUT2D eigenvalue weighted by Crippen LogP contribution is 2.12. The lowest BCUT2D eigenvalue weighted by molar-refractivity contribution is 0.102. The van der Waals surface area contributed by atoms with E-state index in [-0.39, 0.29) is 12.5 Å². The molecule has 4 nitrogen and oxygen atoms in total. The van der Waals surface area contributed by atoms with Crippen molar-refractivity contribution < 1.29 is 9.90 Å². The number of hydrogen-bond donors (Lipinski definition) is 3. The molecule has 0 saturated carbocycles. The number of nitrogens with two attached hydrogens (primary N) is 1. The Morgan fingerprint density at radius 2 is 1.60 bits per heavy atom. The molecule has 4 N–H and O–H groups in total. The Hall–Kier alpha value is -2.17. The Morgan fingerprint density at radius 1 is 1.00 bits per heavy atom. The SMILES string of the molecule is NCc1ccc(C(=O)Nc2ccc(CCO)cc2)cc1. The van der Waals surface area contributed by atoms with Crippen LogP contribution in [0.3, 0.4) is 0 Å². The van der Waals surface area contributed by atoms with Crippen LogP contribution < -0.4 is 11.1 Å². The van der Waals surface area contributed by atoms with Gasteiger partial charge >= 0.3 is 0 Å². The lowest BCUT2D eigenvalue weighted by Crippen LogP contribution is -2.12. The van der Waals surface area contributed by atoms with E-state index in [4.69, 9.17) is 10.8 Å². The summed E-state index contributed by atoms with van der Waals surface area (Å²) in [5.74, 6) is -0.150. The molecule has 2 aromatic carbocycles. The van der Waals surface area contributed by atoms with Gasteiger partial charge in [0.25, 0.3) is 5.91 Å². The number of amides is 1. The number of anilines is 1. The molecule has 0 aliphatic rings. The maximum absolute atomic E-state index is 12.0. The van der Waals surface area contributed by atoms with Crippen LogP contribution in [0.15, 0.2) is 48.5 Å². The zero-order valence-electron chi connectivity index (χ0n) is 11.2. The van der Waals surface area contributed by atoms with Gasteiger partial charge in [-0.2, -0.15) is 0 Å². The molecule has 0 aliphatic heterocycles. The van der Waals surface area contributed by atoms with Crippen molar-refractivity contribution in [3.8, 4) is 0 Å². The number of aliphatic hydroxyl groups is 1. The van der Waals surface area contributed by atoms with Crippen molar-refractivity contribution in [3.05, 3.63) is 65.2 Å². The van der Waals surface area contributed by atoms with E-state index in [0.717, 1.165) is 16.8 Å². The van der Waals surface area contributed by atoms with E-state index in [1.165, 1.54) is 0 Å². The average Bonchev–Trinajstić information content (AvgIpc) is 2.49. The molecular weight excluding hydrogens is 252 g/mol. The van der Waals surface area contributed by atoms with Crippen molar-refractivity contribution in [2.75, 3.05) is 11.9 Å². The first-order chi connectivity index (χ1) is 9.72. The van der Waals surface area contributed by atoms with Crippen LogP contribution in [-0.4, -0.2) is 17.6 Å². The summed E-state index contributed by atoms with van der Waals surface area (Å²) in [5, 5.41) is 11.7. The van der Waals surface area contributed by atoms with E-state index in [1.54, 1.807) is 12.1 Å². The quantitative estimate of drug-likeness (QED) is 0.777. The number of aliphatic hydroxyl groups excluding tert-OH is 1. The summed E-state index contributed by atoms with van der Waals surface area (Å²) >= 11 is 0. The molecule has 0 aliphatic carbocycles. The number of nitrogens with one attached hydrogen (secondary N) is 1. The van der Waals surface area contributed by atoms with Gasteiger partial charge in [0.2, 0.25) is 0 Å². The first-order valence-electron chi connectivity index (χ1n) is 6.53. The second-order valence-corrected chi connectivity index (χ2v) is 4.53. The highest BCUT2D eigenvalue weighted by molar-refractivity contribution is 6.04. The minimum absolute atomic E-state index is 0.124. The smallest absolute Gasteiger partial charge is 0.255 e. The maximum Gasteiger partial charge on any atom is 0.255 e. The monoisotopic (exact) mass is 270 g/mol. The Labute approximate surface area is 118 Å². The third kappa shape index (κ3) is 3.66. The lowest BCUT2D eigenvalue weighted by Gasteiger charge is -2.07. The van der Waals surface area contributed by atoms with Crippen LogP contribution >= 0.6 is 0 Å². The Kier molecular flexibility index (Phi) is 4.87. The van der Waals surface area contributed by atoms with Gasteiger partial charge in [0.1, 0.15) is 0 Å². The van der Waals surface area contributed by atoms with Crippen LogP contribution in [-0.2, 0) is 13.0 Å². The molecule has 2 rings (SSSR count). The third-order valence-corrected chi connectivity index (χ3v) is 3.06. The van der Waals surface area contributed by atoms with Crippen molar-refractivity contribution in [2.24, 2.45) is 5.73 Å². The molecule has 0 radical (unpaired) electrons. The van der Waals surface area contributed by atoms with Crippen LogP contribution in [0.4, 0.5) is 5.69 Å². The predicted octanol–water partition coefficient (Wildman–Crippen LogP) is 1.93. The molecule has 0 fully saturated rings. The fourth-order valence-corrected chi connectivity index (χ4v) is 1.88. The second kappa shape index (κ2) is 6.84. The third-order valence-electron chi connectivity index (χ3n) is 3.06. The van der Waals surface area contributed by atoms with Gasteiger partial charge in [-0.25, -0.2) is 0 Å². The van der Waals surface area contributed by atoms with E-state index in [1.807, 2.05) is 36.4 Å². The summed E-state index contributed by atoms with van der Waals surface area (Å²) < 4.78 is 0. The van der Waals surface area contributed by atoms with Crippen molar-refractivity contribution in [1.29, 1.82) is 0 Å². The highest BCUT2D eigenvalue weighted by Gasteiger charge is 2.05. The van der Waals surface area contributed by atoms with Crippen molar-refractivity contribution in [3.63, 3.8) is 0 Å². The van der Waals surface area contributed by atoms with E-state index in [9.17, 15) is 4.79 Å². The fourth-order valence-electron chi connectivity index (χ4n) is 1.88. The first kappa shape index (κ1) is 14.2. The van der Waals surface area contributed by atoms with Gasteiger partial charge in [0.15, 0.2) is 0 Å². The lowest BCUT2D eigenvalue weighted by atomic mass is 10.1. The van der Waals surface area contributed by atoms with Crippen molar-refractivity contribution >= 4 is 11.6 Å². The van der Waals surface area contributed by atoms with Gasteiger partial charge in [0, 0.05) is 24.4 Å². The Balaban J connectivity index is 2.02. The molecule has 20 heavy (non-hydrogen) atoms. The number of rotatable bonds is 5. The topological polar surface area (TPSA) is 75.4 Å². The average molecular weight is 270 g/mol. The number of hydrogen-bond acceptors (Lipinski definition) is 3. The molecule has 0 saturated heterocycles. The minimum Gasteiger partial charge on any atom is -0.396 e. The number of carbonyl (C=O) groups is 1. The molecule has 0 atom stereocenters. The highest BCUT2D eigenvalue weighted by atomic mass is 16.2. The van der Waals surface area contributed by atoms with Gasteiger partial charge in [-0.3, -0.25) is 4.79 Å². The van der Waals surface area contributed by atoms with Gasteiger partial charge in [0.05, 0.1) is 0 Å². The zero-order valence-corrected chi connectivity index (χ0v) is 11.2. The first-order valence-corrected chi connectivity index (χ1v) is 6.53. The molecule has 1 amide bonds. The van der Waals surface area contributed by atoms with Crippen molar-refractivity contribution in [2.45, 2.75) is 13.0 Å². The summed E-state index contributed by atoms with van der Waals surface area (Å²) in [7, 11) is 0. The normalized spacial score (nSPS) is 10.3. The molecule has 2 aromatic rings. The number of carbonyl (C=O) groups excluding carboxylic acids is 1. The second-order valence-electron chi connectivity index (χ2n) is 4.53. The van der Waals surface area contributed by atoms with Gasteiger partial charge < -0.3 is 16.2 Å². The summed E-state index contributed by atoms with van der Waals surface area (Å²) in [5.41, 5.74) is 8.89. The minimum atomic E-state index is -0.150. The molecule has 0 spiro atoms. The van der Waals surface area contributed by atoms with E-state index in [2.05, 4.69) is 5.32 Å². The van der Waals surface area contributed by atoms with Gasteiger partial charge in [-0.1, -0.05) is 24.3 Å². The summed E-state index contributed by atoms with van der Waals surface area (Å²) in [6.45, 7) is 0.591. The molecule has 104 valence electrons. The van der Waals surface area contributed by atoms with Gasteiger partial charge in [-0.15, -0.1) is 0 Å².